The number of benzene rings is 1. The predicted molar refractivity (Wildman–Crippen MR) is 70.3 cm³/mol. The van der Waals surface area contributed by atoms with E-state index in [1.165, 1.54) is 10.8 Å². The van der Waals surface area contributed by atoms with E-state index in [-0.39, 0.29) is 5.16 Å². The summed E-state index contributed by atoms with van der Waals surface area (Å²) in [6.45, 7) is 0. The molecule has 0 saturated heterocycles. The molecule has 9 heteroatoms. The van der Waals surface area contributed by atoms with Gasteiger partial charge in [0.2, 0.25) is 0 Å². The van der Waals surface area contributed by atoms with Crippen LogP contribution in [0.25, 0.3) is 17.2 Å². The van der Waals surface area contributed by atoms with Gasteiger partial charge in [-0.25, -0.2) is 13.6 Å². The zero-order chi connectivity index (χ0) is 14.2. The van der Waals surface area contributed by atoms with Crippen molar-refractivity contribution in [2.75, 3.05) is 0 Å². The van der Waals surface area contributed by atoms with Gasteiger partial charge in [-0.2, -0.15) is 5.10 Å². The molecule has 0 aliphatic heterocycles. The molecule has 0 amide bonds. The van der Waals surface area contributed by atoms with Crippen molar-refractivity contribution in [2.24, 2.45) is 5.14 Å². The Bertz CT molecular complexity index is 823. The average Bonchev–Trinajstić information content (AvgIpc) is 3.07. The van der Waals surface area contributed by atoms with Crippen LogP contribution in [0.3, 0.4) is 0 Å². The minimum atomic E-state index is -4.00. The molecule has 0 bridgehead atoms. The number of rotatable bonds is 3. The van der Waals surface area contributed by atoms with Crippen LogP contribution >= 0.6 is 0 Å². The first-order chi connectivity index (χ1) is 9.57. The van der Waals surface area contributed by atoms with E-state index < -0.39 is 10.0 Å². The highest BCUT2D eigenvalue weighted by Crippen LogP contribution is 2.22. The largest absolute Gasteiger partial charge is 0.275 e. The number of hydrogen-bond donors (Lipinski definition) is 2. The van der Waals surface area contributed by atoms with E-state index in [9.17, 15) is 8.42 Å². The number of H-pyrrole nitrogens is 1. The lowest BCUT2D eigenvalue weighted by Crippen LogP contribution is -2.18. The van der Waals surface area contributed by atoms with Crippen LogP contribution in [0.1, 0.15) is 0 Å². The standard InChI is InChI=1S/C11H10N6O2S/c12-20(18,19)11-16-15-10(9-6-7-13-14-9)17(11)8-4-2-1-3-5-8/h1-7H,(H,13,14)(H2,12,18,19). The van der Waals surface area contributed by atoms with Gasteiger partial charge in [-0.15, -0.1) is 10.2 Å². The number of nitrogens with zero attached hydrogens (tertiary/aromatic N) is 4. The van der Waals surface area contributed by atoms with Crippen LogP contribution in [-0.2, 0) is 10.0 Å². The van der Waals surface area contributed by atoms with Gasteiger partial charge >= 0.3 is 0 Å². The molecule has 0 radical (unpaired) electrons. The van der Waals surface area contributed by atoms with Crippen LogP contribution in [0.15, 0.2) is 47.8 Å². The Kier molecular flexibility index (Phi) is 2.84. The number of hydrogen-bond acceptors (Lipinski definition) is 5. The van der Waals surface area contributed by atoms with E-state index >= 15 is 0 Å². The van der Waals surface area contributed by atoms with Crippen molar-refractivity contribution in [3.8, 4) is 17.2 Å². The van der Waals surface area contributed by atoms with Crippen LogP contribution < -0.4 is 5.14 Å². The summed E-state index contributed by atoms with van der Waals surface area (Å²) in [6.07, 6.45) is 1.54. The summed E-state index contributed by atoms with van der Waals surface area (Å²) in [5.74, 6) is 0.317. The molecule has 3 N–H and O–H groups in total. The molecule has 3 aromatic rings. The van der Waals surface area contributed by atoms with E-state index in [1.807, 2.05) is 6.07 Å². The van der Waals surface area contributed by atoms with Crippen LogP contribution in [-0.4, -0.2) is 33.4 Å². The summed E-state index contributed by atoms with van der Waals surface area (Å²) in [5, 5.41) is 19.0. The zero-order valence-electron chi connectivity index (χ0n) is 10.1. The molecule has 0 fully saturated rings. The number of aromatic nitrogens is 5. The highest BCUT2D eigenvalue weighted by molar-refractivity contribution is 7.89. The molecule has 1 aromatic carbocycles. The Balaban J connectivity index is 2.31. The molecule has 102 valence electrons. The van der Waals surface area contributed by atoms with Gasteiger partial charge in [0, 0.05) is 6.20 Å². The molecule has 2 heterocycles. The third-order valence-electron chi connectivity index (χ3n) is 2.64. The van der Waals surface area contributed by atoms with E-state index in [1.54, 1.807) is 30.3 Å². The fraction of sp³-hybridized carbons (Fsp3) is 0. The quantitative estimate of drug-likeness (QED) is 0.719. The molecule has 3 rings (SSSR count). The summed E-state index contributed by atoms with van der Waals surface area (Å²) < 4.78 is 24.6. The molecule has 0 spiro atoms. The van der Waals surface area contributed by atoms with Crippen LogP contribution in [0.4, 0.5) is 0 Å². The van der Waals surface area contributed by atoms with Crippen molar-refractivity contribution in [1.29, 1.82) is 0 Å². The van der Waals surface area contributed by atoms with Gasteiger partial charge in [0.15, 0.2) is 5.82 Å². The Morgan fingerprint density at radius 2 is 1.85 bits per heavy atom. The number of para-hydroxylation sites is 1. The number of primary sulfonamides is 1. The molecule has 0 unspecified atom stereocenters. The van der Waals surface area contributed by atoms with E-state index in [0.717, 1.165) is 0 Å². The minimum absolute atomic E-state index is 0.317. The summed E-state index contributed by atoms with van der Waals surface area (Å²) >= 11 is 0. The third-order valence-corrected chi connectivity index (χ3v) is 3.42. The highest BCUT2D eigenvalue weighted by atomic mass is 32.2. The first-order valence-electron chi connectivity index (χ1n) is 5.61. The third kappa shape index (κ3) is 2.08. The van der Waals surface area contributed by atoms with E-state index in [0.29, 0.717) is 17.2 Å². The lowest BCUT2D eigenvalue weighted by molar-refractivity contribution is 0.585. The number of aromatic amines is 1. The minimum Gasteiger partial charge on any atom is -0.275 e. The number of nitrogens with one attached hydrogen (secondary N) is 1. The second kappa shape index (κ2) is 4.54. The Morgan fingerprint density at radius 3 is 2.45 bits per heavy atom. The topological polar surface area (TPSA) is 120 Å². The van der Waals surface area contributed by atoms with Crippen LogP contribution in [0, 0.1) is 0 Å². The molecule has 2 aromatic heterocycles. The van der Waals surface area contributed by atoms with E-state index in [4.69, 9.17) is 5.14 Å². The van der Waals surface area contributed by atoms with Crippen molar-refractivity contribution < 1.29 is 8.42 Å². The normalized spacial score (nSPS) is 11.7. The Hall–Kier alpha value is -2.52. The second-order valence-electron chi connectivity index (χ2n) is 3.99. The SMILES string of the molecule is NS(=O)(=O)c1nnc(-c2ccn[nH]2)n1-c1ccccc1. The van der Waals surface area contributed by atoms with Gasteiger partial charge in [0.25, 0.3) is 15.2 Å². The Labute approximate surface area is 114 Å². The monoisotopic (exact) mass is 290 g/mol. The predicted octanol–water partition coefficient (Wildman–Crippen LogP) is 0.305. The zero-order valence-corrected chi connectivity index (χ0v) is 10.9. The van der Waals surface area contributed by atoms with Crippen molar-refractivity contribution in [2.45, 2.75) is 5.16 Å². The molecule has 0 aliphatic carbocycles. The maximum Gasteiger partial charge on any atom is 0.274 e. The summed E-state index contributed by atoms with van der Waals surface area (Å²) in [7, 11) is -4.00. The van der Waals surface area contributed by atoms with E-state index in [2.05, 4.69) is 20.4 Å². The van der Waals surface area contributed by atoms with Crippen molar-refractivity contribution in [3.05, 3.63) is 42.6 Å². The lowest BCUT2D eigenvalue weighted by Gasteiger charge is -2.07. The number of sulfonamides is 1. The smallest absolute Gasteiger partial charge is 0.274 e. The van der Waals surface area contributed by atoms with Gasteiger partial charge in [-0.3, -0.25) is 9.67 Å². The number of nitrogens with two attached hydrogens (primary N) is 1. The maximum atomic E-state index is 11.6. The van der Waals surface area contributed by atoms with Gasteiger partial charge in [0.05, 0.1) is 5.69 Å². The summed E-state index contributed by atoms with van der Waals surface area (Å²) in [5.41, 5.74) is 1.13. The second-order valence-corrected chi connectivity index (χ2v) is 5.45. The van der Waals surface area contributed by atoms with Crippen molar-refractivity contribution in [3.63, 3.8) is 0 Å². The molecule has 0 atom stereocenters. The van der Waals surface area contributed by atoms with Gasteiger partial charge in [-0.1, -0.05) is 18.2 Å². The fourth-order valence-electron chi connectivity index (χ4n) is 1.82. The fourth-order valence-corrected chi connectivity index (χ4v) is 2.42. The molecular weight excluding hydrogens is 280 g/mol. The molecular formula is C11H10N6O2S. The van der Waals surface area contributed by atoms with Gasteiger partial charge in [0.1, 0.15) is 5.69 Å². The first kappa shape index (κ1) is 12.5. The first-order valence-corrected chi connectivity index (χ1v) is 7.15. The summed E-state index contributed by atoms with van der Waals surface area (Å²) in [6, 6.07) is 10.5. The van der Waals surface area contributed by atoms with Crippen molar-refractivity contribution >= 4 is 10.0 Å². The molecule has 0 aliphatic rings. The lowest BCUT2D eigenvalue weighted by atomic mass is 10.3. The highest BCUT2D eigenvalue weighted by Gasteiger charge is 2.23. The van der Waals surface area contributed by atoms with Crippen LogP contribution in [0.2, 0.25) is 0 Å². The molecule has 0 saturated carbocycles. The Morgan fingerprint density at radius 1 is 1.10 bits per heavy atom. The van der Waals surface area contributed by atoms with Gasteiger partial charge in [-0.05, 0) is 18.2 Å². The van der Waals surface area contributed by atoms with Crippen LogP contribution in [0.5, 0.6) is 0 Å². The van der Waals surface area contributed by atoms with Gasteiger partial charge < -0.3 is 0 Å². The molecule has 20 heavy (non-hydrogen) atoms. The average molecular weight is 290 g/mol. The molecule has 8 nitrogen and oxygen atoms in total. The maximum absolute atomic E-state index is 11.6. The summed E-state index contributed by atoms with van der Waals surface area (Å²) in [4.78, 5) is 0. The van der Waals surface area contributed by atoms with Crippen molar-refractivity contribution in [1.82, 2.24) is 25.0 Å².